The summed E-state index contributed by atoms with van der Waals surface area (Å²) >= 11 is 10.8. The second-order valence-electron chi connectivity index (χ2n) is 4.00. The first-order valence-electron chi connectivity index (χ1n) is 5.57. The molecule has 0 atom stereocenters. The molecule has 0 bridgehead atoms. The number of anilines is 1. The molecule has 0 aliphatic rings. The summed E-state index contributed by atoms with van der Waals surface area (Å²) in [6.07, 6.45) is 1.77. The molecule has 0 heterocycles. The molecule has 0 aromatic heterocycles. The van der Waals surface area contributed by atoms with E-state index in [4.69, 9.17) is 29.6 Å². The maximum Gasteiger partial charge on any atom is 0.208 e. The number of hydrogen-bond donors (Lipinski definition) is 3. The highest BCUT2D eigenvalue weighted by atomic mass is 35.5. The SMILES string of the molecule is CS(=O)(=O)NCCCNc1ccc(Cl)cc1C(N)=S. The monoisotopic (exact) mass is 321 g/mol. The molecule has 0 radical (unpaired) electrons. The van der Waals surface area contributed by atoms with E-state index in [-0.39, 0.29) is 4.99 Å². The Morgan fingerprint density at radius 3 is 2.68 bits per heavy atom. The van der Waals surface area contributed by atoms with Gasteiger partial charge >= 0.3 is 0 Å². The van der Waals surface area contributed by atoms with Gasteiger partial charge in [-0.2, -0.15) is 0 Å². The molecule has 8 heteroatoms. The Kier molecular flexibility index (Phi) is 5.99. The van der Waals surface area contributed by atoms with E-state index in [1.54, 1.807) is 18.2 Å². The van der Waals surface area contributed by atoms with Crippen LogP contribution >= 0.6 is 23.8 Å². The van der Waals surface area contributed by atoms with Crippen LogP contribution in [-0.4, -0.2) is 32.8 Å². The van der Waals surface area contributed by atoms with Crippen molar-refractivity contribution in [3.63, 3.8) is 0 Å². The van der Waals surface area contributed by atoms with Crippen LogP contribution in [0.5, 0.6) is 0 Å². The van der Waals surface area contributed by atoms with Crippen LogP contribution in [0.15, 0.2) is 18.2 Å². The fourth-order valence-corrected chi connectivity index (χ4v) is 2.30. The molecule has 0 aliphatic heterocycles. The highest BCUT2D eigenvalue weighted by Gasteiger charge is 2.06. The Balaban J connectivity index is 2.52. The summed E-state index contributed by atoms with van der Waals surface area (Å²) in [6.45, 7) is 0.974. The number of benzene rings is 1. The summed E-state index contributed by atoms with van der Waals surface area (Å²) in [5.41, 5.74) is 7.08. The minimum absolute atomic E-state index is 0.263. The third-order valence-electron chi connectivity index (χ3n) is 2.28. The molecule has 0 saturated heterocycles. The predicted octanol–water partition coefficient (Wildman–Crippen LogP) is 1.33. The van der Waals surface area contributed by atoms with Gasteiger partial charge < -0.3 is 11.1 Å². The second kappa shape index (κ2) is 7.04. The summed E-state index contributed by atoms with van der Waals surface area (Å²) < 4.78 is 24.1. The lowest BCUT2D eigenvalue weighted by atomic mass is 10.1. The van der Waals surface area contributed by atoms with Crippen molar-refractivity contribution in [3.8, 4) is 0 Å². The minimum atomic E-state index is -3.13. The van der Waals surface area contributed by atoms with E-state index in [2.05, 4.69) is 10.0 Å². The zero-order valence-electron chi connectivity index (χ0n) is 10.4. The van der Waals surface area contributed by atoms with Crippen molar-refractivity contribution in [1.82, 2.24) is 4.72 Å². The quantitative estimate of drug-likeness (QED) is 0.521. The smallest absolute Gasteiger partial charge is 0.208 e. The van der Waals surface area contributed by atoms with Gasteiger partial charge in [-0.3, -0.25) is 0 Å². The van der Waals surface area contributed by atoms with Gasteiger partial charge in [-0.05, 0) is 24.6 Å². The van der Waals surface area contributed by atoms with Crippen LogP contribution in [0, 0.1) is 0 Å². The molecule has 4 N–H and O–H groups in total. The molecule has 0 aliphatic carbocycles. The first-order valence-corrected chi connectivity index (χ1v) is 8.25. The molecule has 0 fully saturated rings. The highest BCUT2D eigenvalue weighted by Crippen LogP contribution is 2.20. The molecular weight excluding hydrogens is 306 g/mol. The van der Waals surface area contributed by atoms with Crippen molar-refractivity contribution in [2.45, 2.75) is 6.42 Å². The van der Waals surface area contributed by atoms with E-state index in [1.807, 2.05) is 0 Å². The van der Waals surface area contributed by atoms with Crippen molar-refractivity contribution in [2.24, 2.45) is 5.73 Å². The summed E-state index contributed by atoms with van der Waals surface area (Å²) in [5, 5.41) is 3.71. The molecule has 1 aromatic carbocycles. The fraction of sp³-hybridized carbons (Fsp3) is 0.364. The number of halogens is 1. The number of thiocarbonyl (C=S) groups is 1. The van der Waals surface area contributed by atoms with E-state index in [1.165, 1.54) is 0 Å². The van der Waals surface area contributed by atoms with Gasteiger partial charge in [-0.25, -0.2) is 13.1 Å². The lowest BCUT2D eigenvalue weighted by Crippen LogP contribution is -2.24. The normalized spacial score (nSPS) is 11.3. The first-order chi connectivity index (χ1) is 8.79. The van der Waals surface area contributed by atoms with Crippen molar-refractivity contribution < 1.29 is 8.42 Å². The standard InChI is InChI=1S/C11H16ClN3O2S2/c1-19(16,17)15-6-2-5-14-10-4-3-8(12)7-9(10)11(13)18/h3-4,7,14-15H,2,5-6H2,1H3,(H2,13,18). The lowest BCUT2D eigenvalue weighted by Gasteiger charge is -2.11. The Labute approximate surface area is 123 Å². The van der Waals surface area contributed by atoms with Gasteiger partial charge in [0, 0.05) is 29.4 Å². The molecule has 19 heavy (non-hydrogen) atoms. The van der Waals surface area contributed by atoms with Gasteiger partial charge in [0.1, 0.15) is 4.99 Å². The molecule has 5 nitrogen and oxygen atoms in total. The first kappa shape index (κ1) is 16.2. The largest absolute Gasteiger partial charge is 0.389 e. The lowest BCUT2D eigenvalue weighted by molar-refractivity contribution is 0.586. The Morgan fingerprint density at radius 1 is 1.42 bits per heavy atom. The second-order valence-corrected chi connectivity index (χ2v) is 6.71. The van der Waals surface area contributed by atoms with Crippen LogP contribution < -0.4 is 15.8 Å². The maximum absolute atomic E-state index is 10.9. The van der Waals surface area contributed by atoms with Crippen LogP contribution in [0.1, 0.15) is 12.0 Å². The van der Waals surface area contributed by atoms with Crippen molar-refractivity contribution in [1.29, 1.82) is 0 Å². The molecular formula is C11H16ClN3O2S2. The Morgan fingerprint density at radius 2 is 2.11 bits per heavy atom. The number of hydrogen-bond acceptors (Lipinski definition) is 4. The van der Waals surface area contributed by atoms with Crippen LogP contribution in [0.25, 0.3) is 0 Å². The predicted molar refractivity (Wildman–Crippen MR) is 83.3 cm³/mol. The van der Waals surface area contributed by atoms with Gasteiger partial charge in [0.15, 0.2) is 0 Å². The Hall–Kier alpha value is -0.890. The Bertz CT molecular complexity index is 561. The van der Waals surface area contributed by atoms with Gasteiger partial charge in [-0.15, -0.1) is 0 Å². The summed E-state index contributed by atoms with van der Waals surface area (Å²) in [4.78, 5) is 0.263. The number of sulfonamides is 1. The van der Waals surface area contributed by atoms with E-state index in [0.717, 1.165) is 11.9 Å². The molecule has 0 unspecified atom stereocenters. The topological polar surface area (TPSA) is 84.2 Å². The molecule has 0 spiro atoms. The fourth-order valence-electron chi connectivity index (χ4n) is 1.44. The van der Waals surface area contributed by atoms with E-state index >= 15 is 0 Å². The minimum Gasteiger partial charge on any atom is -0.389 e. The number of nitrogens with one attached hydrogen (secondary N) is 2. The third kappa shape index (κ3) is 6.20. The van der Waals surface area contributed by atoms with Gasteiger partial charge in [0.2, 0.25) is 10.0 Å². The molecule has 1 rings (SSSR count). The van der Waals surface area contributed by atoms with Crippen molar-refractivity contribution in [2.75, 3.05) is 24.7 Å². The van der Waals surface area contributed by atoms with Gasteiger partial charge in [0.05, 0.1) is 6.26 Å². The molecule has 0 saturated carbocycles. The van der Waals surface area contributed by atoms with Gasteiger partial charge in [0.25, 0.3) is 0 Å². The number of rotatable bonds is 7. The van der Waals surface area contributed by atoms with Crippen LogP contribution in [0.3, 0.4) is 0 Å². The summed E-state index contributed by atoms with van der Waals surface area (Å²) in [5.74, 6) is 0. The zero-order valence-corrected chi connectivity index (χ0v) is 12.8. The van der Waals surface area contributed by atoms with Gasteiger partial charge in [-0.1, -0.05) is 23.8 Å². The summed E-state index contributed by atoms with van der Waals surface area (Å²) in [7, 11) is -3.13. The van der Waals surface area contributed by atoms with E-state index < -0.39 is 10.0 Å². The van der Waals surface area contributed by atoms with Crippen molar-refractivity contribution in [3.05, 3.63) is 28.8 Å². The molecule has 1 aromatic rings. The van der Waals surface area contributed by atoms with E-state index in [0.29, 0.717) is 30.1 Å². The molecule has 0 amide bonds. The van der Waals surface area contributed by atoms with Crippen LogP contribution in [0.2, 0.25) is 5.02 Å². The third-order valence-corrected chi connectivity index (χ3v) is 3.46. The maximum atomic E-state index is 10.9. The zero-order chi connectivity index (χ0) is 14.5. The van der Waals surface area contributed by atoms with E-state index in [9.17, 15) is 8.42 Å². The number of nitrogens with two attached hydrogens (primary N) is 1. The summed E-state index contributed by atoms with van der Waals surface area (Å²) in [6, 6.07) is 5.22. The average molecular weight is 322 g/mol. The van der Waals surface area contributed by atoms with Crippen molar-refractivity contribution >= 4 is 44.5 Å². The highest BCUT2D eigenvalue weighted by molar-refractivity contribution is 7.88. The average Bonchev–Trinajstić information content (AvgIpc) is 2.28. The van der Waals surface area contributed by atoms with Crippen LogP contribution in [0.4, 0.5) is 5.69 Å². The van der Waals surface area contributed by atoms with Crippen LogP contribution in [-0.2, 0) is 10.0 Å². The molecule has 106 valence electrons.